The summed E-state index contributed by atoms with van der Waals surface area (Å²) in [7, 11) is 0. The highest BCUT2D eigenvalue weighted by molar-refractivity contribution is 5.73. The van der Waals surface area contributed by atoms with Crippen LogP contribution in [0.2, 0.25) is 0 Å². The molecular weight excluding hydrogens is 200 g/mol. The van der Waals surface area contributed by atoms with Crippen LogP contribution in [0.4, 0.5) is 0 Å². The Morgan fingerprint density at radius 2 is 1.69 bits per heavy atom. The molecule has 0 saturated carbocycles. The van der Waals surface area contributed by atoms with Crippen LogP contribution in [-0.2, 0) is 6.42 Å². The molecule has 0 saturated heterocycles. The van der Waals surface area contributed by atoms with Crippen molar-refractivity contribution >= 4 is 0 Å². The first kappa shape index (κ1) is 10.6. The molecular formula is C14H14O2. The summed E-state index contributed by atoms with van der Waals surface area (Å²) in [6, 6.07) is 12.4. The van der Waals surface area contributed by atoms with Gasteiger partial charge in [-0.25, -0.2) is 0 Å². The van der Waals surface area contributed by atoms with E-state index in [9.17, 15) is 10.2 Å². The standard InChI is InChI=1S/C14H14O2/c1-2-10-9-11(15)7-8-12(10)13-5-3-4-6-14(13)16/h3-9,15-16H,2H2,1H3. The first-order chi connectivity index (χ1) is 7.72. The molecule has 0 spiro atoms. The van der Waals surface area contributed by atoms with Crippen LogP contribution in [0.1, 0.15) is 12.5 Å². The molecule has 0 unspecified atom stereocenters. The van der Waals surface area contributed by atoms with Crippen molar-refractivity contribution in [2.75, 3.05) is 0 Å². The Kier molecular flexibility index (Phi) is 2.82. The zero-order chi connectivity index (χ0) is 11.5. The highest BCUT2D eigenvalue weighted by Gasteiger charge is 2.08. The Labute approximate surface area is 94.8 Å². The summed E-state index contributed by atoms with van der Waals surface area (Å²) in [6.07, 6.45) is 0.818. The monoisotopic (exact) mass is 214 g/mol. The van der Waals surface area contributed by atoms with E-state index >= 15 is 0 Å². The zero-order valence-electron chi connectivity index (χ0n) is 9.14. The maximum absolute atomic E-state index is 9.79. The van der Waals surface area contributed by atoms with Gasteiger partial charge in [0.05, 0.1) is 0 Å². The van der Waals surface area contributed by atoms with Crippen molar-refractivity contribution in [1.29, 1.82) is 0 Å². The van der Waals surface area contributed by atoms with Crippen molar-refractivity contribution in [3.05, 3.63) is 48.0 Å². The van der Waals surface area contributed by atoms with Gasteiger partial charge >= 0.3 is 0 Å². The second-order valence-corrected chi connectivity index (χ2v) is 3.71. The molecule has 0 radical (unpaired) electrons. The second-order valence-electron chi connectivity index (χ2n) is 3.71. The number of aryl methyl sites for hydroxylation is 1. The Morgan fingerprint density at radius 3 is 2.38 bits per heavy atom. The van der Waals surface area contributed by atoms with E-state index in [1.165, 1.54) is 0 Å². The molecule has 0 amide bonds. The number of hydrogen-bond acceptors (Lipinski definition) is 2. The average molecular weight is 214 g/mol. The predicted octanol–water partition coefficient (Wildman–Crippen LogP) is 3.33. The Balaban J connectivity index is 2.60. The van der Waals surface area contributed by atoms with E-state index in [1.54, 1.807) is 24.3 Å². The first-order valence-electron chi connectivity index (χ1n) is 5.32. The van der Waals surface area contributed by atoms with Crippen LogP contribution in [0.25, 0.3) is 11.1 Å². The third kappa shape index (κ3) is 1.87. The minimum absolute atomic E-state index is 0.260. The highest BCUT2D eigenvalue weighted by Crippen LogP contribution is 2.33. The minimum Gasteiger partial charge on any atom is -0.508 e. The van der Waals surface area contributed by atoms with Crippen LogP contribution in [-0.4, -0.2) is 10.2 Å². The van der Waals surface area contributed by atoms with Crippen LogP contribution >= 0.6 is 0 Å². The van der Waals surface area contributed by atoms with E-state index in [2.05, 4.69) is 0 Å². The summed E-state index contributed by atoms with van der Waals surface area (Å²) in [5, 5.41) is 19.2. The van der Waals surface area contributed by atoms with E-state index in [4.69, 9.17) is 0 Å². The number of hydrogen-bond donors (Lipinski definition) is 2. The summed E-state index contributed by atoms with van der Waals surface area (Å²) in [5.41, 5.74) is 2.80. The van der Waals surface area contributed by atoms with Crippen molar-refractivity contribution in [2.24, 2.45) is 0 Å². The third-order valence-corrected chi connectivity index (χ3v) is 2.66. The molecule has 0 aliphatic heterocycles. The lowest BCUT2D eigenvalue weighted by Gasteiger charge is -2.10. The fourth-order valence-electron chi connectivity index (χ4n) is 1.84. The second kappa shape index (κ2) is 4.27. The van der Waals surface area contributed by atoms with Crippen molar-refractivity contribution < 1.29 is 10.2 Å². The number of benzene rings is 2. The number of rotatable bonds is 2. The van der Waals surface area contributed by atoms with Crippen LogP contribution in [0, 0.1) is 0 Å². The van der Waals surface area contributed by atoms with E-state index in [0.717, 1.165) is 23.1 Å². The zero-order valence-corrected chi connectivity index (χ0v) is 9.14. The number of phenolic OH excluding ortho intramolecular Hbond substituents is 2. The lowest BCUT2D eigenvalue weighted by molar-refractivity contribution is 0.473. The van der Waals surface area contributed by atoms with Gasteiger partial charge in [-0.2, -0.15) is 0 Å². The third-order valence-electron chi connectivity index (χ3n) is 2.66. The Morgan fingerprint density at radius 1 is 0.938 bits per heavy atom. The molecule has 82 valence electrons. The van der Waals surface area contributed by atoms with Crippen LogP contribution < -0.4 is 0 Å². The van der Waals surface area contributed by atoms with Crippen molar-refractivity contribution in [1.82, 2.24) is 0 Å². The summed E-state index contributed by atoms with van der Waals surface area (Å²) in [6.45, 7) is 2.03. The van der Waals surface area contributed by atoms with Gasteiger partial charge in [-0.05, 0) is 35.7 Å². The summed E-state index contributed by atoms with van der Waals surface area (Å²) < 4.78 is 0. The lowest BCUT2D eigenvalue weighted by Crippen LogP contribution is -1.87. The molecule has 2 rings (SSSR count). The van der Waals surface area contributed by atoms with E-state index in [0.29, 0.717) is 0 Å². The fraction of sp³-hybridized carbons (Fsp3) is 0.143. The molecule has 0 aliphatic carbocycles. The molecule has 0 atom stereocenters. The van der Waals surface area contributed by atoms with Crippen LogP contribution in [0.3, 0.4) is 0 Å². The van der Waals surface area contributed by atoms with Gasteiger partial charge in [-0.1, -0.05) is 31.2 Å². The molecule has 0 aliphatic rings. The number of phenols is 2. The van der Waals surface area contributed by atoms with Crippen LogP contribution in [0.15, 0.2) is 42.5 Å². The lowest BCUT2D eigenvalue weighted by atomic mass is 9.97. The van der Waals surface area contributed by atoms with Gasteiger partial charge in [-0.3, -0.25) is 0 Å². The Hall–Kier alpha value is -1.96. The molecule has 2 aromatic rings. The summed E-state index contributed by atoms with van der Waals surface area (Å²) in [4.78, 5) is 0. The van der Waals surface area contributed by atoms with Gasteiger partial charge in [0.25, 0.3) is 0 Å². The molecule has 0 aromatic heterocycles. The molecule has 0 fully saturated rings. The SMILES string of the molecule is CCc1cc(O)ccc1-c1ccccc1O. The average Bonchev–Trinajstić information content (AvgIpc) is 2.30. The van der Waals surface area contributed by atoms with Gasteiger partial charge < -0.3 is 10.2 Å². The topological polar surface area (TPSA) is 40.5 Å². The predicted molar refractivity (Wildman–Crippen MR) is 64.6 cm³/mol. The fourth-order valence-corrected chi connectivity index (χ4v) is 1.84. The molecule has 2 nitrogen and oxygen atoms in total. The van der Waals surface area contributed by atoms with E-state index in [-0.39, 0.29) is 11.5 Å². The molecule has 16 heavy (non-hydrogen) atoms. The molecule has 0 heterocycles. The quantitative estimate of drug-likeness (QED) is 0.805. The maximum atomic E-state index is 9.79. The van der Waals surface area contributed by atoms with Crippen LogP contribution in [0.5, 0.6) is 11.5 Å². The van der Waals surface area contributed by atoms with Crippen molar-refractivity contribution in [2.45, 2.75) is 13.3 Å². The molecule has 2 aromatic carbocycles. The van der Waals surface area contributed by atoms with Gasteiger partial charge in [0, 0.05) is 5.56 Å². The smallest absolute Gasteiger partial charge is 0.123 e. The van der Waals surface area contributed by atoms with Gasteiger partial charge in [0.15, 0.2) is 0 Å². The minimum atomic E-state index is 0.260. The Bertz CT molecular complexity index is 504. The summed E-state index contributed by atoms with van der Waals surface area (Å²) in [5.74, 6) is 0.527. The van der Waals surface area contributed by atoms with Gasteiger partial charge in [0.1, 0.15) is 11.5 Å². The normalized spacial score (nSPS) is 10.3. The number of aromatic hydroxyl groups is 2. The van der Waals surface area contributed by atoms with Gasteiger partial charge in [0.2, 0.25) is 0 Å². The maximum Gasteiger partial charge on any atom is 0.123 e. The van der Waals surface area contributed by atoms with E-state index in [1.807, 2.05) is 25.1 Å². The molecule has 2 heteroatoms. The van der Waals surface area contributed by atoms with Crippen molar-refractivity contribution in [3.63, 3.8) is 0 Å². The molecule has 0 bridgehead atoms. The highest BCUT2D eigenvalue weighted by atomic mass is 16.3. The first-order valence-corrected chi connectivity index (χ1v) is 5.32. The molecule has 2 N–H and O–H groups in total. The van der Waals surface area contributed by atoms with Gasteiger partial charge in [-0.15, -0.1) is 0 Å². The van der Waals surface area contributed by atoms with Crippen molar-refractivity contribution in [3.8, 4) is 22.6 Å². The largest absolute Gasteiger partial charge is 0.508 e. The van der Waals surface area contributed by atoms with E-state index < -0.39 is 0 Å². The number of para-hydroxylation sites is 1. The summed E-state index contributed by atoms with van der Waals surface area (Å²) >= 11 is 0.